The summed E-state index contributed by atoms with van der Waals surface area (Å²) in [5.41, 5.74) is 1.18. The summed E-state index contributed by atoms with van der Waals surface area (Å²) in [7, 11) is 1.93. The second-order valence-electron chi connectivity index (χ2n) is 6.18. The fourth-order valence-corrected chi connectivity index (χ4v) is 2.28. The maximum absolute atomic E-state index is 5.94. The van der Waals surface area contributed by atoms with E-state index in [1.165, 1.54) is 5.56 Å². The van der Waals surface area contributed by atoms with Crippen LogP contribution in [0.2, 0.25) is 0 Å². The highest BCUT2D eigenvalue weighted by Gasteiger charge is 2.08. The van der Waals surface area contributed by atoms with Crippen molar-refractivity contribution < 1.29 is 4.74 Å². The maximum Gasteiger partial charge on any atom is 0.192 e. The number of benzene rings is 1. The molecule has 7 nitrogen and oxygen atoms in total. The summed E-state index contributed by atoms with van der Waals surface area (Å²) in [6.45, 7) is 11.4. The fourth-order valence-electron chi connectivity index (χ4n) is 2.28. The Bertz CT molecular complexity index is 758. The van der Waals surface area contributed by atoms with Gasteiger partial charge in [-0.05, 0) is 38.5 Å². The first-order chi connectivity index (χ1) is 12.5. The van der Waals surface area contributed by atoms with Gasteiger partial charge in [0.05, 0.1) is 6.54 Å². The monoisotopic (exact) mass is 484 g/mol. The molecule has 1 aromatic heterocycles. The van der Waals surface area contributed by atoms with Gasteiger partial charge in [0.2, 0.25) is 0 Å². The van der Waals surface area contributed by atoms with Gasteiger partial charge in [-0.2, -0.15) is 0 Å². The summed E-state index contributed by atoms with van der Waals surface area (Å²) >= 11 is 0. The number of halogens is 1. The first-order valence-corrected chi connectivity index (χ1v) is 8.71. The van der Waals surface area contributed by atoms with Gasteiger partial charge in [-0.15, -0.1) is 40.8 Å². The fraction of sp³-hybridized carbons (Fsp3) is 0.421. The molecular weight excluding hydrogens is 455 g/mol. The lowest BCUT2D eigenvalue weighted by Gasteiger charge is -2.18. The highest BCUT2D eigenvalue weighted by Crippen LogP contribution is 2.13. The number of rotatable bonds is 8. The molecule has 1 unspecified atom stereocenters. The number of nitrogens with zero attached hydrogens (tertiary/aromatic N) is 4. The predicted molar refractivity (Wildman–Crippen MR) is 120 cm³/mol. The van der Waals surface area contributed by atoms with E-state index >= 15 is 0 Å². The highest BCUT2D eigenvalue weighted by molar-refractivity contribution is 14.0. The summed E-state index contributed by atoms with van der Waals surface area (Å²) in [6, 6.07) is 8.03. The third-order valence-electron chi connectivity index (χ3n) is 3.86. The predicted octanol–water partition coefficient (Wildman–Crippen LogP) is 2.74. The first-order valence-electron chi connectivity index (χ1n) is 8.71. The van der Waals surface area contributed by atoms with E-state index in [2.05, 4.69) is 32.4 Å². The van der Waals surface area contributed by atoms with Gasteiger partial charge in [0, 0.05) is 13.6 Å². The first kappa shape index (κ1) is 22.9. The Morgan fingerprint density at radius 1 is 1.33 bits per heavy atom. The Kier molecular flexibility index (Phi) is 9.84. The normalized spacial score (nSPS) is 12.1. The van der Waals surface area contributed by atoms with Crippen LogP contribution in [0.1, 0.15) is 24.1 Å². The Hall–Kier alpha value is -2.10. The Balaban J connectivity index is 0.00000364. The van der Waals surface area contributed by atoms with Crippen molar-refractivity contribution in [2.24, 2.45) is 12.0 Å². The minimum Gasteiger partial charge on any atom is -0.489 e. The Labute approximate surface area is 178 Å². The van der Waals surface area contributed by atoms with Crippen molar-refractivity contribution in [3.8, 4) is 5.75 Å². The van der Waals surface area contributed by atoms with E-state index in [0.717, 1.165) is 17.4 Å². The Morgan fingerprint density at radius 2 is 2.11 bits per heavy atom. The summed E-state index contributed by atoms with van der Waals surface area (Å²) < 4.78 is 7.87. The molecule has 0 aliphatic rings. The molecule has 0 aliphatic carbocycles. The second kappa shape index (κ2) is 11.6. The molecule has 0 aliphatic heterocycles. The van der Waals surface area contributed by atoms with Crippen molar-refractivity contribution >= 4 is 29.9 Å². The molecule has 0 saturated heterocycles. The van der Waals surface area contributed by atoms with E-state index in [9.17, 15) is 0 Å². The van der Waals surface area contributed by atoms with Crippen LogP contribution < -0.4 is 15.4 Å². The SMILES string of the molecule is C=CCNC(=NCc1nnc(C)n1C)NCC(C)Oc1cccc(C)c1.I. The molecule has 0 bridgehead atoms. The van der Waals surface area contributed by atoms with Gasteiger partial charge in [0.15, 0.2) is 11.8 Å². The molecule has 0 radical (unpaired) electrons. The van der Waals surface area contributed by atoms with Crippen LogP contribution in [0.5, 0.6) is 5.75 Å². The number of hydrogen-bond acceptors (Lipinski definition) is 4. The molecule has 8 heteroatoms. The largest absolute Gasteiger partial charge is 0.489 e. The molecule has 27 heavy (non-hydrogen) atoms. The van der Waals surface area contributed by atoms with Gasteiger partial charge < -0.3 is 19.9 Å². The molecule has 2 aromatic rings. The molecule has 1 atom stereocenters. The van der Waals surface area contributed by atoms with Crippen LogP contribution in [-0.2, 0) is 13.6 Å². The van der Waals surface area contributed by atoms with Crippen LogP contribution in [0.3, 0.4) is 0 Å². The van der Waals surface area contributed by atoms with Gasteiger partial charge in [-0.25, -0.2) is 4.99 Å². The zero-order valence-electron chi connectivity index (χ0n) is 16.4. The quantitative estimate of drug-likeness (QED) is 0.261. The van der Waals surface area contributed by atoms with E-state index in [1.54, 1.807) is 6.08 Å². The van der Waals surface area contributed by atoms with Gasteiger partial charge in [-0.3, -0.25) is 0 Å². The zero-order chi connectivity index (χ0) is 18.9. The minimum atomic E-state index is -0.00963. The van der Waals surface area contributed by atoms with Gasteiger partial charge in [-0.1, -0.05) is 18.2 Å². The van der Waals surface area contributed by atoms with E-state index in [1.807, 2.05) is 56.7 Å². The minimum absolute atomic E-state index is 0. The van der Waals surface area contributed by atoms with Crippen molar-refractivity contribution in [1.29, 1.82) is 0 Å². The summed E-state index contributed by atoms with van der Waals surface area (Å²) in [5.74, 6) is 3.23. The summed E-state index contributed by atoms with van der Waals surface area (Å²) in [4.78, 5) is 4.57. The van der Waals surface area contributed by atoms with Crippen LogP contribution in [0.15, 0.2) is 41.9 Å². The van der Waals surface area contributed by atoms with Crippen molar-refractivity contribution in [1.82, 2.24) is 25.4 Å². The molecule has 1 aromatic carbocycles. The topological polar surface area (TPSA) is 76.4 Å². The average molecular weight is 484 g/mol. The number of aromatic nitrogens is 3. The number of nitrogens with one attached hydrogen (secondary N) is 2. The molecule has 1 heterocycles. The molecule has 2 rings (SSSR count). The molecule has 0 spiro atoms. The van der Waals surface area contributed by atoms with Crippen LogP contribution in [0, 0.1) is 13.8 Å². The lowest BCUT2D eigenvalue weighted by atomic mass is 10.2. The maximum atomic E-state index is 5.94. The smallest absolute Gasteiger partial charge is 0.192 e. The van der Waals surface area contributed by atoms with Gasteiger partial charge in [0.1, 0.15) is 24.2 Å². The standard InChI is InChI=1S/C19H28N6O.HI/c1-6-10-20-19(22-13-18-24-23-16(4)25(18)5)21-12-15(3)26-17-9-7-8-14(2)11-17;/h6-9,11,15H,1,10,12-13H2,2-5H3,(H2,20,21,22);1H. The van der Waals surface area contributed by atoms with Gasteiger partial charge in [0.25, 0.3) is 0 Å². The van der Waals surface area contributed by atoms with E-state index < -0.39 is 0 Å². The van der Waals surface area contributed by atoms with Gasteiger partial charge >= 0.3 is 0 Å². The summed E-state index contributed by atoms with van der Waals surface area (Å²) in [5, 5.41) is 14.7. The van der Waals surface area contributed by atoms with E-state index in [4.69, 9.17) is 4.74 Å². The Morgan fingerprint density at radius 3 is 2.74 bits per heavy atom. The number of aliphatic imine (C=N–C) groups is 1. The number of guanidine groups is 1. The van der Waals surface area contributed by atoms with Crippen LogP contribution >= 0.6 is 24.0 Å². The molecule has 0 saturated carbocycles. The van der Waals surface area contributed by atoms with Crippen molar-refractivity contribution in [2.45, 2.75) is 33.4 Å². The van der Waals surface area contributed by atoms with Crippen molar-refractivity contribution in [2.75, 3.05) is 13.1 Å². The zero-order valence-corrected chi connectivity index (χ0v) is 18.7. The number of hydrogen-bond donors (Lipinski definition) is 2. The second-order valence-corrected chi connectivity index (χ2v) is 6.18. The molecule has 2 N–H and O–H groups in total. The lowest BCUT2D eigenvalue weighted by Crippen LogP contribution is -2.42. The molecule has 0 amide bonds. The van der Waals surface area contributed by atoms with Crippen LogP contribution in [-0.4, -0.2) is 39.9 Å². The number of ether oxygens (including phenoxy) is 1. The van der Waals surface area contributed by atoms with Crippen LogP contribution in [0.4, 0.5) is 0 Å². The van der Waals surface area contributed by atoms with E-state index in [0.29, 0.717) is 25.6 Å². The van der Waals surface area contributed by atoms with Crippen molar-refractivity contribution in [3.63, 3.8) is 0 Å². The third-order valence-corrected chi connectivity index (χ3v) is 3.86. The van der Waals surface area contributed by atoms with Crippen LogP contribution in [0.25, 0.3) is 0 Å². The van der Waals surface area contributed by atoms with E-state index in [-0.39, 0.29) is 30.1 Å². The molecule has 148 valence electrons. The lowest BCUT2D eigenvalue weighted by molar-refractivity contribution is 0.223. The number of aryl methyl sites for hydroxylation is 2. The van der Waals surface area contributed by atoms with Crippen molar-refractivity contribution in [3.05, 3.63) is 54.1 Å². The summed E-state index contributed by atoms with van der Waals surface area (Å²) in [6.07, 6.45) is 1.78. The molecular formula is C19H29IN6O. The average Bonchev–Trinajstić information content (AvgIpc) is 2.93. The highest BCUT2D eigenvalue weighted by atomic mass is 127. The third kappa shape index (κ3) is 7.58. The molecule has 0 fully saturated rings.